The van der Waals surface area contributed by atoms with Crippen LogP contribution in [0.15, 0.2) is 48.5 Å². The van der Waals surface area contributed by atoms with Crippen LogP contribution in [0.5, 0.6) is 5.75 Å². The molecule has 1 aliphatic rings. The second-order valence-corrected chi connectivity index (χ2v) is 8.18. The largest absolute Gasteiger partial charge is 0.484 e. The topological polar surface area (TPSA) is 61.8 Å². The summed E-state index contributed by atoms with van der Waals surface area (Å²) in [5, 5.41) is 12.2. The van der Waals surface area contributed by atoms with E-state index >= 15 is 0 Å². The van der Waals surface area contributed by atoms with E-state index in [-0.39, 0.29) is 24.0 Å². The van der Waals surface area contributed by atoms with Gasteiger partial charge in [-0.1, -0.05) is 45.0 Å². The lowest BCUT2D eigenvalue weighted by molar-refractivity contribution is -0.111. The van der Waals surface area contributed by atoms with Gasteiger partial charge in [0.25, 0.3) is 0 Å². The summed E-state index contributed by atoms with van der Waals surface area (Å²) in [6.45, 7) is 7.11. The number of rotatable bonds is 4. The maximum Gasteiger partial charge on any atom is 0.248 e. The maximum atomic E-state index is 12.3. The van der Waals surface area contributed by atoms with Crippen molar-refractivity contribution in [3.8, 4) is 5.75 Å². The average molecular weight is 380 g/mol. The van der Waals surface area contributed by atoms with Crippen LogP contribution in [-0.2, 0) is 10.2 Å². The molecule has 5 heteroatoms. The number of ether oxygens (including phenoxy) is 1. The van der Waals surface area contributed by atoms with Crippen LogP contribution in [0.3, 0.4) is 0 Å². The number of carbonyl (C=O) groups excluding carboxylic acids is 1. The lowest BCUT2D eigenvalue weighted by Crippen LogP contribution is -2.39. The number of aliphatic hydroxyl groups is 1. The van der Waals surface area contributed by atoms with Crippen molar-refractivity contribution in [2.45, 2.75) is 32.3 Å². The van der Waals surface area contributed by atoms with Gasteiger partial charge in [0.2, 0.25) is 5.91 Å². The minimum absolute atomic E-state index is 0.0240. The number of likely N-dealkylation sites (N-methyl/N-ethyl adjacent to an activating group) is 1. The average Bonchev–Trinajstić information content (AvgIpc) is 2.66. The van der Waals surface area contributed by atoms with Crippen LogP contribution in [0, 0.1) is 0 Å². The molecule has 1 atom stereocenters. The van der Waals surface area contributed by atoms with E-state index in [1.807, 2.05) is 36.2 Å². The Balaban J connectivity index is 1.65. The molecule has 2 aromatic rings. The number of hydrogen-bond donors (Lipinski definition) is 2. The van der Waals surface area contributed by atoms with Gasteiger partial charge in [-0.3, -0.25) is 4.79 Å². The Kier molecular flexibility index (Phi) is 5.75. The van der Waals surface area contributed by atoms with E-state index in [0.29, 0.717) is 18.0 Å². The van der Waals surface area contributed by atoms with Gasteiger partial charge in [0.15, 0.2) is 0 Å². The minimum Gasteiger partial charge on any atom is -0.484 e. The molecule has 0 spiro atoms. The Bertz CT molecular complexity index is 866. The monoisotopic (exact) mass is 380 g/mol. The molecule has 0 saturated carbocycles. The maximum absolute atomic E-state index is 12.3. The van der Waals surface area contributed by atoms with E-state index in [4.69, 9.17) is 4.74 Å². The third-order valence-corrected chi connectivity index (χ3v) is 4.82. The van der Waals surface area contributed by atoms with Crippen molar-refractivity contribution >= 4 is 23.4 Å². The number of anilines is 2. The summed E-state index contributed by atoms with van der Waals surface area (Å²) in [6.07, 6.45) is 3.11. The molecular formula is C23H28N2O3. The highest BCUT2D eigenvalue weighted by molar-refractivity contribution is 6.02. The number of fused-ring (bicyclic) bond motifs is 1. The standard InChI is InChI=1S/C23H28N2O3/c1-23(2,3)17-8-5-16(6-9-17)7-12-22(27)24-18-10-11-21-20(13-18)25(4)14-19(15-26)28-21/h5-13,19,26H,14-15H2,1-4H3,(H,24,27). The molecule has 0 radical (unpaired) electrons. The van der Waals surface area contributed by atoms with Crippen molar-refractivity contribution in [3.05, 3.63) is 59.7 Å². The molecule has 2 aromatic carbocycles. The molecular weight excluding hydrogens is 352 g/mol. The van der Waals surface area contributed by atoms with Crippen LogP contribution in [-0.4, -0.2) is 37.3 Å². The van der Waals surface area contributed by atoms with E-state index in [1.54, 1.807) is 12.1 Å². The number of benzene rings is 2. The van der Waals surface area contributed by atoms with E-state index in [1.165, 1.54) is 11.6 Å². The number of hydrogen-bond acceptors (Lipinski definition) is 4. The van der Waals surface area contributed by atoms with Crippen molar-refractivity contribution in [2.24, 2.45) is 0 Å². The lowest BCUT2D eigenvalue weighted by atomic mass is 9.87. The highest BCUT2D eigenvalue weighted by Gasteiger charge is 2.23. The van der Waals surface area contributed by atoms with Crippen LogP contribution < -0.4 is 15.0 Å². The predicted molar refractivity (Wildman–Crippen MR) is 114 cm³/mol. The number of nitrogens with zero attached hydrogens (tertiary/aromatic N) is 1. The normalized spacial score (nSPS) is 16.6. The number of carbonyl (C=O) groups is 1. The van der Waals surface area contributed by atoms with Crippen molar-refractivity contribution in [3.63, 3.8) is 0 Å². The van der Waals surface area contributed by atoms with Gasteiger partial charge in [-0.05, 0) is 40.8 Å². The molecule has 3 rings (SSSR count). The number of aliphatic hydroxyl groups excluding tert-OH is 1. The van der Waals surface area contributed by atoms with Crippen LogP contribution in [0.25, 0.3) is 6.08 Å². The van der Waals surface area contributed by atoms with E-state index < -0.39 is 0 Å². The number of nitrogens with one attached hydrogen (secondary N) is 1. The quantitative estimate of drug-likeness (QED) is 0.792. The lowest BCUT2D eigenvalue weighted by Gasteiger charge is -2.33. The van der Waals surface area contributed by atoms with E-state index in [9.17, 15) is 9.90 Å². The summed E-state index contributed by atoms with van der Waals surface area (Å²) >= 11 is 0. The Morgan fingerprint density at radius 1 is 1.25 bits per heavy atom. The number of amides is 1. The molecule has 1 aliphatic heterocycles. The van der Waals surface area contributed by atoms with Gasteiger partial charge in [0.05, 0.1) is 18.8 Å². The summed E-state index contributed by atoms with van der Waals surface area (Å²) in [5.41, 5.74) is 3.95. The first-order valence-electron chi connectivity index (χ1n) is 9.48. The Morgan fingerprint density at radius 3 is 2.61 bits per heavy atom. The molecule has 0 bridgehead atoms. The molecule has 0 fully saturated rings. The summed E-state index contributed by atoms with van der Waals surface area (Å²) in [7, 11) is 1.94. The Labute approximate surface area is 166 Å². The van der Waals surface area contributed by atoms with Gasteiger partial charge in [-0.15, -0.1) is 0 Å². The molecule has 1 unspecified atom stereocenters. The van der Waals surface area contributed by atoms with Gasteiger partial charge >= 0.3 is 0 Å². The third-order valence-electron chi connectivity index (χ3n) is 4.82. The van der Waals surface area contributed by atoms with Gasteiger partial charge in [-0.2, -0.15) is 0 Å². The summed E-state index contributed by atoms with van der Waals surface area (Å²) < 4.78 is 5.73. The molecule has 28 heavy (non-hydrogen) atoms. The minimum atomic E-state index is -0.231. The van der Waals surface area contributed by atoms with Crippen molar-refractivity contribution in [2.75, 3.05) is 30.4 Å². The molecule has 1 amide bonds. The van der Waals surface area contributed by atoms with Gasteiger partial charge in [0.1, 0.15) is 11.9 Å². The summed E-state index contributed by atoms with van der Waals surface area (Å²) in [4.78, 5) is 14.3. The molecule has 0 aromatic heterocycles. The highest BCUT2D eigenvalue weighted by atomic mass is 16.5. The first-order valence-corrected chi connectivity index (χ1v) is 9.48. The van der Waals surface area contributed by atoms with Crippen LogP contribution in [0.4, 0.5) is 11.4 Å². The molecule has 0 aliphatic carbocycles. The highest BCUT2D eigenvalue weighted by Crippen LogP contribution is 2.34. The second kappa shape index (κ2) is 8.07. The Hall–Kier alpha value is -2.79. The molecule has 0 saturated heterocycles. The molecule has 1 heterocycles. The fourth-order valence-corrected chi connectivity index (χ4v) is 3.16. The first kappa shape index (κ1) is 20.0. The van der Waals surface area contributed by atoms with Gasteiger partial charge in [-0.25, -0.2) is 0 Å². The summed E-state index contributed by atoms with van der Waals surface area (Å²) in [6, 6.07) is 13.7. The summed E-state index contributed by atoms with van der Waals surface area (Å²) in [5.74, 6) is 0.521. The zero-order chi connectivity index (χ0) is 20.3. The third kappa shape index (κ3) is 4.73. The van der Waals surface area contributed by atoms with Gasteiger partial charge < -0.3 is 20.1 Å². The zero-order valence-electron chi connectivity index (χ0n) is 16.9. The fraction of sp³-hybridized carbons (Fsp3) is 0.348. The van der Waals surface area contributed by atoms with Crippen LogP contribution in [0.1, 0.15) is 31.9 Å². The molecule has 148 valence electrons. The second-order valence-electron chi connectivity index (χ2n) is 8.18. The van der Waals surface area contributed by atoms with Crippen molar-refractivity contribution in [1.82, 2.24) is 0 Å². The molecule has 2 N–H and O–H groups in total. The van der Waals surface area contributed by atoms with Crippen LogP contribution >= 0.6 is 0 Å². The van der Waals surface area contributed by atoms with Crippen molar-refractivity contribution in [1.29, 1.82) is 0 Å². The van der Waals surface area contributed by atoms with Gasteiger partial charge in [0, 0.05) is 18.8 Å². The fourth-order valence-electron chi connectivity index (χ4n) is 3.16. The molecule has 5 nitrogen and oxygen atoms in total. The SMILES string of the molecule is CN1CC(CO)Oc2ccc(NC(=O)C=Cc3ccc(C(C)(C)C)cc3)cc21. The van der Waals surface area contributed by atoms with Crippen LogP contribution in [0.2, 0.25) is 0 Å². The van der Waals surface area contributed by atoms with E-state index in [2.05, 4.69) is 38.2 Å². The zero-order valence-corrected chi connectivity index (χ0v) is 16.9. The first-order chi connectivity index (χ1) is 13.3. The smallest absolute Gasteiger partial charge is 0.248 e. The van der Waals surface area contributed by atoms with E-state index in [0.717, 1.165) is 11.3 Å². The predicted octanol–water partition coefficient (Wildman–Crippen LogP) is 3.83. The Morgan fingerprint density at radius 2 is 1.96 bits per heavy atom. The van der Waals surface area contributed by atoms with Crippen molar-refractivity contribution < 1.29 is 14.6 Å².